The molecule has 8 nitrogen and oxygen atoms in total. The van der Waals surface area contributed by atoms with Gasteiger partial charge in [-0.25, -0.2) is 8.42 Å². The van der Waals surface area contributed by atoms with Crippen molar-refractivity contribution < 1.29 is 45.7 Å². The molecule has 0 saturated carbocycles. The molecule has 0 aliphatic carbocycles. The van der Waals surface area contributed by atoms with Crippen molar-refractivity contribution in [3.05, 3.63) is 71.2 Å². The molecule has 2 heterocycles. The van der Waals surface area contributed by atoms with E-state index in [4.69, 9.17) is 25.8 Å². The lowest BCUT2D eigenvalue weighted by Gasteiger charge is -2.40. The number of hydrogen-bond donors (Lipinski definition) is 1. The van der Waals surface area contributed by atoms with Gasteiger partial charge in [0.1, 0.15) is 17.6 Å². The van der Waals surface area contributed by atoms with E-state index in [1.165, 1.54) is 7.11 Å². The molecule has 2 aliphatic rings. The molecular formula is C29H27ClF3NO7S. The zero-order valence-corrected chi connectivity index (χ0v) is 23.9. The Morgan fingerprint density at radius 3 is 2.50 bits per heavy atom. The SMILES string of the molecule is COc1cc(Cl)cc(-c2ccc3c(c2)N(S(=O)(=O)c2cccc(C(F)(F)F)c2)CC(CC2(C(=O)O)CCOCC2)O3)c1. The third-order valence-electron chi connectivity index (χ3n) is 7.60. The number of anilines is 1. The van der Waals surface area contributed by atoms with E-state index in [1.54, 1.807) is 36.4 Å². The lowest BCUT2D eigenvalue weighted by Crippen LogP contribution is -2.48. The molecule has 224 valence electrons. The van der Waals surface area contributed by atoms with Gasteiger partial charge in [-0.05, 0) is 72.5 Å². The predicted octanol–water partition coefficient (Wildman–Crippen LogP) is 6.26. The summed E-state index contributed by atoms with van der Waals surface area (Å²) in [5.74, 6) is -0.430. The molecule has 1 saturated heterocycles. The van der Waals surface area contributed by atoms with Crippen molar-refractivity contribution in [3.8, 4) is 22.6 Å². The number of carbonyl (C=O) groups is 1. The normalized spacial score (nSPS) is 18.6. The van der Waals surface area contributed by atoms with Gasteiger partial charge in [0.05, 0.1) is 35.2 Å². The number of hydrogen-bond acceptors (Lipinski definition) is 6. The summed E-state index contributed by atoms with van der Waals surface area (Å²) in [5.41, 5.74) is -1.07. The Kier molecular flexibility index (Phi) is 8.08. The van der Waals surface area contributed by atoms with E-state index in [1.807, 2.05) is 0 Å². The van der Waals surface area contributed by atoms with E-state index in [0.717, 1.165) is 22.5 Å². The van der Waals surface area contributed by atoms with E-state index in [2.05, 4.69) is 0 Å². The molecule has 2 aliphatic heterocycles. The van der Waals surface area contributed by atoms with Crippen molar-refractivity contribution >= 4 is 33.3 Å². The predicted molar refractivity (Wildman–Crippen MR) is 149 cm³/mol. The largest absolute Gasteiger partial charge is 0.497 e. The molecule has 0 amide bonds. The Bertz CT molecular complexity index is 1610. The third-order valence-corrected chi connectivity index (χ3v) is 9.60. The number of alkyl halides is 3. The van der Waals surface area contributed by atoms with Crippen LogP contribution in [-0.2, 0) is 25.7 Å². The highest BCUT2D eigenvalue weighted by Crippen LogP contribution is 2.44. The molecule has 0 aromatic heterocycles. The summed E-state index contributed by atoms with van der Waals surface area (Å²) in [6.07, 6.45) is -5.25. The van der Waals surface area contributed by atoms with E-state index >= 15 is 0 Å². The summed E-state index contributed by atoms with van der Waals surface area (Å²) in [6.45, 7) is 0.145. The second-order valence-electron chi connectivity index (χ2n) is 10.3. The van der Waals surface area contributed by atoms with E-state index in [0.29, 0.717) is 28.0 Å². The van der Waals surface area contributed by atoms with Crippen LogP contribution < -0.4 is 13.8 Å². The molecule has 0 spiro atoms. The number of carboxylic acid groups (broad SMARTS) is 1. The molecule has 42 heavy (non-hydrogen) atoms. The first-order chi connectivity index (χ1) is 19.8. The number of ether oxygens (including phenoxy) is 3. The van der Waals surface area contributed by atoms with Gasteiger partial charge in [-0.15, -0.1) is 0 Å². The minimum Gasteiger partial charge on any atom is -0.497 e. The maximum atomic E-state index is 14.0. The van der Waals surface area contributed by atoms with Gasteiger partial charge in [0.25, 0.3) is 10.0 Å². The summed E-state index contributed by atoms with van der Waals surface area (Å²) < 4.78 is 86.3. The summed E-state index contributed by atoms with van der Waals surface area (Å²) in [5, 5.41) is 10.5. The van der Waals surface area contributed by atoms with Crippen molar-refractivity contribution in [2.45, 2.75) is 36.4 Å². The van der Waals surface area contributed by atoms with Crippen LogP contribution >= 0.6 is 11.6 Å². The number of halogens is 4. The van der Waals surface area contributed by atoms with Gasteiger partial charge in [-0.3, -0.25) is 9.10 Å². The Labute approximate surface area is 245 Å². The maximum absolute atomic E-state index is 14.0. The zero-order valence-electron chi connectivity index (χ0n) is 22.4. The van der Waals surface area contributed by atoms with Gasteiger partial charge in [0.2, 0.25) is 0 Å². The first-order valence-corrected chi connectivity index (χ1v) is 14.8. The van der Waals surface area contributed by atoms with Crippen LogP contribution in [0.2, 0.25) is 5.02 Å². The fourth-order valence-electron chi connectivity index (χ4n) is 5.34. The van der Waals surface area contributed by atoms with E-state index in [9.17, 15) is 31.5 Å². The molecule has 1 fully saturated rings. The Morgan fingerprint density at radius 1 is 1.10 bits per heavy atom. The highest BCUT2D eigenvalue weighted by atomic mass is 35.5. The lowest BCUT2D eigenvalue weighted by atomic mass is 9.75. The van der Waals surface area contributed by atoms with Crippen LogP contribution in [0.25, 0.3) is 11.1 Å². The van der Waals surface area contributed by atoms with Gasteiger partial charge >= 0.3 is 12.1 Å². The van der Waals surface area contributed by atoms with Crippen molar-refractivity contribution in [2.75, 3.05) is 31.2 Å². The van der Waals surface area contributed by atoms with Crippen LogP contribution in [0.15, 0.2) is 65.6 Å². The smallest absolute Gasteiger partial charge is 0.416 e. The second kappa shape index (κ2) is 11.3. The molecule has 3 aromatic carbocycles. The number of fused-ring (bicyclic) bond motifs is 1. The van der Waals surface area contributed by atoms with Crippen molar-refractivity contribution in [2.24, 2.45) is 5.41 Å². The van der Waals surface area contributed by atoms with Gasteiger partial charge in [0, 0.05) is 24.7 Å². The number of methoxy groups -OCH3 is 1. The van der Waals surface area contributed by atoms with E-state index < -0.39 is 44.1 Å². The topological polar surface area (TPSA) is 102 Å². The third kappa shape index (κ3) is 5.88. The standard InChI is InChI=1S/C29H27ClF3NO7S/c1-39-22-12-19(11-21(30)15-22)18-5-6-26-25(13-18)34(42(37,38)24-4-2-3-20(14-24)29(31,32)33)17-23(41-26)16-28(27(35)36)7-9-40-10-8-28/h2-6,11-15,23H,7-10,16-17H2,1H3,(H,35,36). The summed E-state index contributed by atoms with van der Waals surface area (Å²) in [7, 11) is -3.09. The summed E-state index contributed by atoms with van der Waals surface area (Å²) in [4.78, 5) is 11.8. The Hall–Kier alpha value is -3.48. The molecule has 0 bridgehead atoms. The van der Waals surface area contributed by atoms with Gasteiger partial charge < -0.3 is 19.3 Å². The van der Waals surface area contributed by atoms with Crippen LogP contribution in [0.4, 0.5) is 18.9 Å². The molecule has 5 rings (SSSR count). The summed E-state index contributed by atoms with van der Waals surface area (Å²) in [6, 6.07) is 13.3. The van der Waals surface area contributed by atoms with Crippen LogP contribution in [0.1, 0.15) is 24.8 Å². The number of sulfonamides is 1. The van der Waals surface area contributed by atoms with Crippen molar-refractivity contribution in [1.29, 1.82) is 0 Å². The van der Waals surface area contributed by atoms with Gasteiger partial charge in [-0.1, -0.05) is 23.7 Å². The quantitative estimate of drug-likeness (QED) is 0.331. The maximum Gasteiger partial charge on any atom is 0.416 e. The van der Waals surface area contributed by atoms with Gasteiger partial charge in [0.15, 0.2) is 0 Å². The summed E-state index contributed by atoms with van der Waals surface area (Å²) >= 11 is 6.25. The van der Waals surface area contributed by atoms with Crippen LogP contribution in [0.3, 0.4) is 0 Å². The lowest BCUT2D eigenvalue weighted by molar-refractivity contribution is -0.157. The van der Waals surface area contributed by atoms with Crippen molar-refractivity contribution in [3.63, 3.8) is 0 Å². The van der Waals surface area contributed by atoms with E-state index in [-0.39, 0.29) is 50.5 Å². The van der Waals surface area contributed by atoms with Crippen LogP contribution in [0.5, 0.6) is 11.5 Å². The fourth-order valence-corrected chi connectivity index (χ4v) is 7.11. The highest BCUT2D eigenvalue weighted by Gasteiger charge is 2.45. The van der Waals surface area contributed by atoms with Gasteiger partial charge in [-0.2, -0.15) is 13.2 Å². The average molecular weight is 626 g/mol. The van der Waals surface area contributed by atoms with Crippen molar-refractivity contribution in [1.82, 2.24) is 0 Å². The molecule has 3 aromatic rings. The molecule has 1 N–H and O–H groups in total. The Balaban J connectivity index is 1.61. The minimum absolute atomic E-state index is 0.0208. The van der Waals surface area contributed by atoms with Crippen LogP contribution in [-0.4, -0.2) is 52.5 Å². The van der Waals surface area contributed by atoms with Crippen LogP contribution in [0, 0.1) is 5.41 Å². The molecule has 13 heteroatoms. The fraction of sp³-hybridized carbons (Fsp3) is 0.345. The number of benzene rings is 3. The zero-order chi connectivity index (χ0) is 30.3. The minimum atomic E-state index is -4.76. The number of carboxylic acids is 1. The Morgan fingerprint density at radius 2 is 1.83 bits per heavy atom. The second-order valence-corrected chi connectivity index (χ2v) is 12.6. The molecule has 1 unspecified atom stereocenters. The number of nitrogens with zero attached hydrogens (tertiary/aromatic N) is 1. The average Bonchev–Trinajstić information content (AvgIpc) is 2.96. The number of aliphatic carboxylic acids is 1. The number of rotatable bonds is 7. The molecule has 1 atom stereocenters. The monoisotopic (exact) mass is 625 g/mol. The first-order valence-electron chi connectivity index (χ1n) is 13.0. The molecular weight excluding hydrogens is 599 g/mol. The molecule has 0 radical (unpaired) electrons. The first kappa shape index (κ1) is 30.0. The highest BCUT2D eigenvalue weighted by molar-refractivity contribution is 7.92.